The monoisotopic (exact) mass is 275 g/mol. The topological polar surface area (TPSA) is 34.6 Å². The van der Waals surface area contributed by atoms with Gasteiger partial charge >= 0.3 is 6.98 Å². The van der Waals surface area contributed by atoms with E-state index in [0.717, 1.165) is 25.4 Å². The summed E-state index contributed by atoms with van der Waals surface area (Å²) in [7, 11) is 0. The highest BCUT2D eigenvalue weighted by molar-refractivity contribution is 6.73. The van der Waals surface area contributed by atoms with Crippen molar-refractivity contribution in [1.29, 1.82) is 0 Å². The number of halogens is 3. The van der Waals surface area contributed by atoms with Crippen LogP contribution in [0.5, 0.6) is 5.75 Å². The molecular weight excluding hydrogens is 260 g/mol. The first-order chi connectivity index (χ1) is 9.05. The molecule has 0 spiro atoms. The first-order valence-electron chi connectivity index (χ1n) is 6.13. The van der Waals surface area contributed by atoms with Crippen LogP contribution < -0.4 is 10.2 Å². The molecule has 19 heavy (non-hydrogen) atoms. The van der Waals surface area contributed by atoms with Gasteiger partial charge in [0.2, 0.25) is 0 Å². The van der Waals surface area contributed by atoms with E-state index in [4.69, 9.17) is 9.47 Å². The van der Waals surface area contributed by atoms with E-state index in [0.29, 0.717) is 26.4 Å². The number of rotatable bonds is 5. The Morgan fingerprint density at radius 1 is 1.26 bits per heavy atom. The van der Waals surface area contributed by atoms with E-state index in [-0.39, 0.29) is 5.75 Å². The third-order valence-corrected chi connectivity index (χ3v) is 2.89. The molecule has 1 aliphatic heterocycles. The van der Waals surface area contributed by atoms with E-state index in [1.807, 2.05) is 0 Å². The van der Waals surface area contributed by atoms with Gasteiger partial charge in [-0.05, 0) is 6.07 Å². The van der Waals surface area contributed by atoms with Crippen LogP contribution in [0.2, 0.25) is 0 Å². The zero-order chi connectivity index (χ0) is 13.7. The molecule has 8 heteroatoms. The second-order valence-electron chi connectivity index (χ2n) is 4.33. The minimum atomic E-state index is -5.03. The third kappa shape index (κ3) is 4.39. The third-order valence-electron chi connectivity index (χ3n) is 2.89. The number of hydrogen-bond donors (Lipinski definition) is 0. The summed E-state index contributed by atoms with van der Waals surface area (Å²) < 4.78 is 48.1. The van der Waals surface area contributed by atoms with E-state index in [1.165, 1.54) is 6.20 Å². The Hall–Kier alpha value is -1.28. The SMILES string of the molecule is F[B-](F)(F)c1cncc(OCCN2CCOCC2)c1. The molecule has 1 aromatic heterocycles. The number of hydrogen-bond acceptors (Lipinski definition) is 4. The fourth-order valence-corrected chi connectivity index (χ4v) is 1.81. The summed E-state index contributed by atoms with van der Waals surface area (Å²) in [6.07, 6.45) is 2.11. The number of ether oxygens (including phenoxy) is 2. The molecule has 1 fully saturated rings. The van der Waals surface area contributed by atoms with Gasteiger partial charge in [-0.2, -0.15) is 0 Å². The summed E-state index contributed by atoms with van der Waals surface area (Å²) in [5.41, 5.74) is -0.733. The normalized spacial score (nSPS) is 17.4. The standard InChI is InChI=1S/C11H15BF3N2O2/c13-12(14,15)10-7-11(9-16-8-10)19-6-3-17-1-4-18-5-2-17/h7-9H,1-6H2/q-1. The van der Waals surface area contributed by atoms with Crippen LogP contribution in [-0.2, 0) is 4.74 Å². The van der Waals surface area contributed by atoms with Crippen molar-refractivity contribution in [1.82, 2.24) is 9.88 Å². The van der Waals surface area contributed by atoms with Crippen LogP contribution in [0.25, 0.3) is 0 Å². The van der Waals surface area contributed by atoms with E-state index >= 15 is 0 Å². The molecule has 1 aliphatic rings. The van der Waals surface area contributed by atoms with Crippen molar-refractivity contribution in [3.8, 4) is 5.75 Å². The average Bonchev–Trinajstić information content (AvgIpc) is 2.39. The smallest absolute Gasteiger partial charge is 0.491 e. The van der Waals surface area contributed by atoms with Crippen LogP contribution in [0.1, 0.15) is 0 Å². The molecule has 0 radical (unpaired) electrons. The van der Waals surface area contributed by atoms with Crippen LogP contribution in [0, 0.1) is 0 Å². The predicted molar refractivity (Wildman–Crippen MR) is 65.7 cm³/mol. The summed E-state index contributed by atoms with van der Waals surface area (Å²) in [6, 6.07) is 0.992. The highest BCUT2D eigenvalue weighted by Gasteiger charge is 2.26. The van der Waals surface area contributed by atoms with Crippen molar-refractivity contribution in [2.24, 2.45) is 0 Å². The molecular formula is C11H15BF3N2O2-. The van der Waals surface area contributed by atoms with Gasteiger partial charge in [0.1, 0.15) is 12.4 Å². The van der Waals surface area contributed by atoms with Crippen LogP contribution in [-0.4, -0.2) is 56.3 Å². The molecule has 0 N–H and O–H groups in total. The summed E-state index contributed by atoms with van der Waals surface area (Å²) in [5.74, 6) is 0.157. The first-order valence-corrected chi connectivity index (χ1v) is 6.13. The number of morpholine rings is 1. The lowest BCUT2D eigenvalue weighted by atomic mass is 9.81. The van der Waals surface area contributed by atoms with E-state index < -0.39 is 12.4 Å². The maximum atomic E-state index is 12.5. The van der Waals surface area contributed by atoms with E-state index in [2.05, 4.69) is 9.88 Å². The molecule has 0 bridgehead atoms. The fourth-order valence-electron chi connectivity index (χ4n) is 1.81. The van der Waals surface area contributed by atoms with Gasteiger partial charge in [0, 0.05) is 25.8 Å². The minimum Gasteiger partial charge on any atom is -0.491 e. The van der Waals surface area contributed by atoms with Gasteiger partial charge in [-0.15, -0.1) is 0 Å². The molecule has 2 heterocycles. The zero-order valence-corrected chi connectivity index (χ0v) is 10.4. The average molecular weight is 275 g/mol. The van der Waals surface area contributed by atoms with E-state index in [1.54, 1.807) is 0 Å². The van der Waals surface area contributed by atoms with Crippen molar-refractivity contribution in [2.45, 2.75) is 0 Å². The first kappa shape index (κ1) is 14.1. The van der Waals surface area contributed by atoms with Gasteiger partial charge in [-0.1, -0.05) is 5.46 Å². The summed E-state index contributed by atoms with van der Waals surface area (Å²) in [6.45, 7) is -0.984. The Bertz CT molecular complexity index is 411. The Morgan fingerprint density at radius 2 is 2.00 bits per heavy atom. The van der Waals surface area contributed by atoms with Crippen molar-refractivity contribution < 1.29 is 22.4 Å². The second kappa shape index (κ2) is 6.25. The van der Waals surface area contributed by atoms with Gasteiger partial charge < -0.3 is 22.4 Å². The fraction of sp³-hybridized carbons (Fsp3) is 0.545. The quantitative estimate of drug-likeness (QED) is 0.746. The van der Waals surface area contributed by atoms with Crippen molar-refractivity contribution in [2.75, 3.05) is 39.5 Å². The summed E-state index contributed by atoms with van der Waals surface area (Å²) in [4.78, 5) is 5.70. The summed E-state index contributed by atoms with van der Waals surface area (Å²) in [5, 5.41) is 0. The van der Waals surface area contributed by atoms with Gasteiger partial charge in [0.05, 0.1) is 19.4 Å². The molecule has 0 atom stereocenters. The lowest BCUT2D eigenvalue weighted by Gasteiger charge is -2.26. The van der Waals surface area contributed by atoms with Crippen molar-refractivity contribution >= 4 is 12.4 Å². The van der Waals surface area contributed by atoms with Gasteiger partial charge in [0.25, 0.3) is 0 Å². The number of nitrogens with zero attached hydrogens (tertiary/aromatic N) is 2. The number of pyridine rings is 1. The van der Waals surface area contributed by atoms with Crippen LogP contribution in [0.4, 0.5) is 12.9 Å². The molecule has 106 valence electrons. The molecule has 0 aliphatic carbocycles. The molecule has 0 saturated carbocycles. The second-order valence-corrected chi connectivity index (χ2v) is 4.33. The molecule has 4 nitrogen and oxygen atoms in total. The highest BCUT2D eigenvalue weighted by atomic mass is 19.4. The predicted octanol–water partition coefficient (Wildman–Crippen LogP) is 0.847. The molecule has 1 aromatic rings. The summed E-state index contributed by atoms with van der Waals surface area (Å²) >= 11 is 0. The Morgan fingerprint density at radius 3 is 2.68 bits per heavy atom. The van der Waals surface area contributed by atoms with Gasteiger partial charge in [-0.3, -0.25) is 9.88 Å². The minimum absolute atomic E-state index is 0.157. The maximum absolute atomic E-state index is 12.5. The zero-order valence-electron chi connectivity index (χ0n) is 10.4. The lowest BCUT2D eigenvalue weighted by Crippen LogP contribution is -2.38. The molecule has 0 amide bonds. The van der Waals surface area contributed by atoms with Gasteiger partial charge in [0.15, 0.2) is 0 Å². The highest BCUT2D eigenvalue weighted by Crippen LogP contribution is 2.13. The van der Waals surface area contributed by atoms with Crippen LogP contribution >= 0.6 is 0 Å². The van der Waals surface area contributed by atoms with E-state index in [9.17, 15) is 12.9 Å². The maximum Gasteiger partial charge on any atom is 0.511 e. The van der Waals surface area contributed by atoms with Crippen LogP contribution in [0.3, 0.4) is 0 Å². The molecule has 0 unspecified atom stereocenters. The molecule has 2 rings (SSSR count). The largest absolute Gasteiger partial charge is 0.511 e. The molecule has 1 saturated heterocycles. The Labute approximate surface area is 109 Å². The lowest BCUT2D eigenvalue weighted by molar-refractivity contribution is 0.0322. The van der Waals surface area contributed by atoms with Crippen molar-refractivity contribution in [3.63, 3.8) is 0 Å². The van der Waals surface area contributed by atoms with Crippen LogP contribution in [0.15, 0.2) is 18.5 Å². The van der Waals surface area contributed by atoms with Crippen molar-refractivity contribution in [3.05, 3.63) is 18.5 Å². The Balaban J connectivity index is 1.82. The van der Waals surface area contributed by atoms with Gasteiger partial charge in [-0.25, -0.2) is 0 Å². The number of aromatic nitrogens is 1. The molecule has 0 aromatic carbocycles. The Kier molecular flexibility index (Phi) is 4.65.